The third kappa shape index (κ3) is 7.29. The van der Waals surface area contributed by atoms with Crippen molar-refractivity contribution in [2.75, 3.05) is 13.9 Å². The Balaban J connectivity index is 1.56. The van der Waals surface area contributed by atoms with Crippen LogP contribution in [0.25, 0.3) is 32.8 Å². The van der Waals surface area contributed by atoms with E-state index in [4.69, 9.17) is 24.2 Å². The molecule has 2 aromatic carbocycles. The molecule has 8 nitrogen and oxygen atoms in total. The van der Waals surface area contributed by atoms with E-state index in [2.05, 4.69) is 53.0 Å². The van der Waals surface area contributed by atoms with Gasteiger partial charge in [0.05, 0.1) is 11.3 Å². The minimum atomic E-state index is -2.28. The number of ether oxygens (including phenoxy) is 3. The average Bonchev–Trinajstić information content (AvgIpc) is 3.39. The predicted octanol–water partition coefficient (Wildman–Crippen LogP) is 10.6. The number of benzene rings is 2. The van der Waals surface area contributed by atoms with Crippen molar-refractivity contribution in [2.24, 2.45) is 0 Å². The van der Waals surface area contributed by atoms with Gasteiger partial charge in [0.25, 0.3) is 0 Å². The summed E-state index contributed by atoms with van der Waals surface area (Å²) < 4.78 is 50.6. The van der Waals surface area contributed by atoms with Gasteiger partial charge < -0.3 is 24.2 Å². The van der Waals surface area contributed by atoms with E-state index in [0.29, 0.717) is 61.0 Å². The first-order chi connectivity index (χ1) is 26.2. The van der Waals surface area contributed by atoms with Crippen LogP contribution in [0.2, 0.25) is 16.6 Å². The lowest BCUT2D eigenvalue weighted by Crippen LogP contribution is -2.53. The number of carbonyl (C=O) groups is 1. The number of fused-ring (bicyclic) bond motifs is 4. The largest absolute Gasteiger partial charge is 0.468 e. The number of pyridine rings is 2. The summed E-state index contributed by atoms with van der Waals surface area (Å²) in [6.07, 6.45) is 3.08. The Morgan fingerprint density at radius 2 is 1.64 bits per heavy atom. The molecule has 4 aromatic rings. The minimum Gasteiger partial charge on any atom is -0.468 e. The summed E-state index contributed by atoms with van der Waals surface area (Å²) >= 11 is 0. The van der Waals surface area contributed by atoms with Crippen molar-refractivity contribution >= 4 is 35.7 Å². The van der Waals surface area contributed by atoms with Gasteiger partial charge in [0.15, 0.2) is 12.6 Å². The zero-order chi connectivity index (χ0) is 41.1. The first kappa shape index (κ1) is 41.5. The third-order valence-corrected chi connectivity index (χ3v) is 18.5. The first-order valence-electron chi connectivity index (χ1n) is 19.8. The van der Waals surface area contributed by atoms with Gasteiger partial charge in [-0.05, 0) is 93.2 Å². The van der Waals surface area contributed by atoms with Crippen LogP contribution in [0.4, 0.5) is 13.6 Å². The second-order valence-corrected chi connectivity index (χ2v) is 23.4. The lowest BCUT2D eigenvalue weighted by molar-refractivity contribution is -0.0639. The molecule has 2 atom stereocenters. The van der Waals surface area contributed by atoms with Gasteiger partial charge in [-0.2, -0.15) is 0 Å². The maximum absolute atomic E-state index is 17.6. The van der Waals surface area contributed by atoms with E-state index in [1.807, 2.05) is 20.8 Å². The second-order valence-electron chi connectivity index (χ2n) is 17.8. The third-order valence-electron chi connectivity index (χ3n) is 12.2. The Morgan fingerprint density at radius 3 is 2.21 bits per heavy atom. The van der Waals surface area contributed by atoms with E-state index >= 15 is 8.78 Å². The van der Waals surface area contributed by atoms with Crippen LogP contribution in [-0.2, 0) is 15.1 Å². The van der Waals surface area contributed by atoms with Crippen molar-refractivity contribution < 1.29 is 32.9 Å². The Morgan fingerprint density at radius 1 is 1.02 bits per heavy atom. The number of rotatable bonds is 8. The summed E-state index contributed by atoms with van der Waals surface area (Å²) in [5.41, 5.74) is 4.58. The number of aromatic nitrogens is 2. The van der Waals surface area contributed by atoms with Crippen LogP contribution < -0.4 is 4.74 Å². The molecule has 4 heterocycles. The fourth-order valence-corrected chi connectivity index (χ4v) is 14.8. The number of halogens is 2. The summed E-state index contributed by atoms with van der Waals surface area (Å²) in [5.74, 6) is 2.62. The van der Waals surface area contributed by atoms with Crippen molar-refractivity contribution in [1.29, 1.82) is 0 Å². The number of carbonyl (C=O) groups excluding carboxylic acids is 1. The zero-order valence-electron chi connectivity index (χ0n) is 35.0. The number of nitrogens with zero attached hydrogens (tertiary/aromatic N) is 3. The van der Waals surface area contributed by atoms with Crippen LogP contribution in [0.5, 0.6) is 5.75 Å². The maximum Gasteiger partial charge on any atom is 0.410 e. The Hall–Kier alpha value is -4.11. The summed E-state index contributed by atoms with van der Waals surface area (Å²) in [5, 5.41) is 14.2. The second kappa shape index (κ2) is 15.3. The van der Waals surface area contributed by atoms with Crippen LogP contribution in [0, 0.1) is 36.9 Å². The molecule has 300 valence electrons. The Kier molecular flexibility index (Phi) is 11.4. The molecule has 0 aliphatic carbocycles. The van der Waals surface area contributed by atoms with Gasteiger partial charge in [-0.1, -0.05) is 53.5 Å². The van der Waals surface area contributed by atoms with E-state index in [-0.39, 0.29) is 48.4 Å². The highest BCUT2D eigenvalue weighted by Crippen LogP contribution is 2.49. The van der Waals surface area contributed by atoms with Crippen LogP contribution in [0.1, 0.15) is 111 Å². The molecule has 2 unspecified atom stereocenters. The zero-order valence-corrected chi connectivity index (χ0v) is 36.0. The monoisotopic (exact) mass is 785 g/mol. The van der Waals surface area contributed by atoms with Crippen molar-refractivity contribution in [3.8, 4) is 28.5 Å². The molecule has 11 heteroatoms. The molecule has 0 radical (unpaired) electrons. The molecule has 56 heavy (non-hydrogen) atoms. The van der Waals surface area contributed by atoms with Crippen molar-refractivity contribution in [1.82, 2.24) is 14.9 Å². The molecule has 0 spiro atoms. The highest BCUT2D eigenvalue weighted by atomic mass is 28.3. The molecule has 2 saturated heterocycles. The van der Waals surface area contributed by atoms with Gasteiger partial charge in [-0.15, -0.1) is 5.54 Å². The van der Waals surface area contributed by atoms with E-state index in [1.54, 1.807) is 43.1 Å². The lowest BCUT2D eigenvalue weighted by Gasteiger charge is -2.44. The fourth-order valence-electron chi connectivity index (χ4n) is 9.64. The van der Waals surface area contributed by atoms with Crippen LogP contribution in [-0.4, -0.2) is 65.7 Å². The van der Waals surface area contributed by atoms with E-state index in [9.17, 15) is 9.90 Å². The molecule has 2 fully saturated rings. The van der Waals surface area contributed by atoms with Crippen molar-refractivity contribution in [2.45, 2.75) is 142 Å². The smallest absolute Gasteiger partial charge is 0.410 e. The molecule has 1 amide bonds. The first-order valence-corrected chi connectivity index (χ1v) is 22.1. The maximum atomic E-state index is 17.6. The van der Waals surface area contributed by atoms with Gasteiger partial charge in [-0.25, -0.2) is 13.6 Å². The molecule has 1 N–H and O–H groups in total. The summed E-state index contributed by atoms with van der Waals surface area (Å²) in [6.45, 7) is 22.3. The Bertz CT molecular complexity index is 2200. The average molecular weight is 786 g/mol. The molecular formula is C45H57F2N3O5Si. The van der Waals surface area contributed by atoms with Crippen molar-refractivity contribution in [3.05, 3.63) is 64.6 Å². The van der Waals surface area contributed by atoms with Crippen LogP contribution >= 0.6 is 0 Å². The van der Waals surface area contributed by atoms with Gasteiger partial charge in [0, 0.05) is 65.6 Å². The van der Waals surface area contributed by atoms with Crippen molar-refractivity contribution in [3.63, 3.8) is 0 Å². The van der Waals surface area contributed by atoms with Gasteiger partial charge >= 0.3 is 6.09 Å². The van der Waals surface area contributed by atoms with Crippen LogP contribution in [0.3, 0.4) is 0 Å². The standard InChI is InChI=1S/C45H57F2N3O5Si/c1-25(2)56(26(3)4,27(5)6)18-17-34-37(46)16-13-30-19-33(54-24-53-12)20-35(39(30)34)41-40(47)38-28(7)29(8)49-42(36(38)23-48-41)45(52)21-31-14-15-32(22-45)50(31)43(51)55-44(9,10)11/h13,16,19-20,23,25-27,31-32,52H,14-15,21-22,24H2,1-12H3. The fraction of sp³-hybridized carbons (Fsp3) is 0.533. The van der Waals surface area contributed by atoms with Gasteiger partial charge in [0.2, 0.25) is 0 Å². The summed E-state index contributed by atoms with van der Waals surface area (Å²) in [7, 11) is -0.767. The topological polar surface area (TPSA) is 94.0 Å². The minimum absolute atomic E-state index is 0.00515. The quantitative estimate of drug-likeness (QED) is 0.108. The normalized spacial score (nSPS) is 20.0. The highest BCUT2D eigenvalue weighted by molar-refractivity contribution is 6.90. The van der Waals surface area contributed by atoms with E-state index < -0.39 is 37.0 Å². The van der Waals surface area contributed by atoms with Gasteiger partial charge in [-0.3, -0.25) is 9.97 Å². The number of aliphatic hydroxyl groups is 1. The predicted molar refractivity (Wildman–Crippen MR) is 220 cm³/mol. The SMILES string of the molecule is COCOc1cc(-c2ncc3c(C4(O)CC5CCC(C4)N5C(=O)OC(C)(C)C)nc(C)c(C)c3c2F)c2c(C#C[Si](C(C)C)(C(C)C)C(C)C)c(F)ccc2c1. The van der Waals surface area contributed by atoms with E-state index in [1.165, 1.54) is 13.2 Å². The molecule has 2 bridgehead atoms. The Labute approximate surface area is 331 Å². The number of aryl methyl sites for hydroxylation is 2. The van der Waals surface area contributed by atoms with Crippen LogP contribution in [0.15, 0.2) is 30.5 Å². The molecular weight excluding hydrogens is 729 g/mol. The number of hydrogen-bond donors (Lipinski definition) is 1. The molecule has 2 aliphatic heterocycles. The number of piperidine rings is 1. The molecule has 0 saturated carbocycles. The van der Waals surface area contributed by atoms with E-state index in [0.717, 1.165) is 12.8 Å². The van der Waals surface area contributed by atoms with Gasteiger partial charge in [0.1, 0.15) is 36.5 Å². The highest BCUT2D eigenvalue weighted by Gasteiger charge is 2.52. The molecule has 2 aromatic heterocycles. The number of hydrogen-bond acceptors (Lipinski definition) is 7. The lowest BCUT2D eigenvalue weighted by atomic mass is 9.81. The molecule has 6 rings (SSSR count). The summed E-state index contributed by atoms with van der Waals surface area (Å²) in [6, 6.07) is 5.98. The number of methoxy groups -OCH3 is 1. The molecule has 2 aliphatic rings. The summed E-state index contributed by atoms with van der Waals surface area (Å²) in [4.78, 5) is 24.7. The number of amides is 1.